The molecule has 2 rings (SSSR count). The van der Waals surface area contributed by atoms with E-state index < -0.39 is 6.04 Å². The average molecular weight is 456 g/mol. The maximum atomic E-state index is 12.9. The van der Waals surface area contributed by atoms with Crippen LogP contribution in [0.3, 0.4) is 0 Å². The van der Waals surface area contributed by atoms with Crippen molar-refractivity contribution < 1.29 is 19.1 Å². The zero-order valence-electron chi connectivity index (χ0n) is 20.6. The molecule has 0 aliphatic heterocycles. The van der Waals surface area contributed by atoms with Crippen molar-refractivity contribution in [2.24, 2.45) is 5.92 Å². The van der Waals surface area contributed by atoms with Crippen LogP contribution >= 0.6 is 0 Å². The van der Waals surface area contributed by atoms with Gasteiger partial charge in [0, 0.05) is 24.7 Å². The third kappa shape index (κ3) is 7.79. The van der Waals surface area contributed by atoms with Gasteiger partial charge < -0.3 is 20.1 Å². The van der Waals surface area contributed by atoms with Crippen LogP contribution < -0.4 is 20.1 Å². The highest BCUT2D eigenvalue weighted by molar-refractivity contribution is 5.98. The molecule has 7 nitrogen and oxygen atoms in total. The molecular formula is C26H37N3O4. The zero-order valence-corrected chi connectivity index (χ0v) is 20.6. The predicted molar refractivity (Wildman–Crippen MR) is 131 cm³/mol. The maximum absolute atomic E-state index is 12.9. The lowest BCUT2D eigenvalue weighted by Crippen LogP contribution is -2.49. The van der Waals surface area contributed by atoms with Gasteiger partial charge in [0.05, 0.1) is 14.2 Å². The number of ether oxygens (including phenoxy) is 2. The molecule has 2 aromatic rings. The van der Waals surface area contributed by atoms with Crippen LogP contribution in [0.5, 0.6) is 11.5 Å². The van der Waals surface area contributed by atoms with E-state index in [2.05, 4.69) is 41.5 Å². The Morgan fingerprint density at radius 2 is 1.45 bits per heavy atom. The smallest absolute Gasteiger partial charge is 0.252 e. The number of methoxy groups -OCH3 is 2. The molecule has 0 aliphatic rings. The van der Waals surface area contributed by atoms with Gasteiger partial charge in [0.15, 0.2) is 0 Å². The number of amides is 2. The minimum absolute atomic E-state index is 0.0853. The molecule has 0 heterocycles. The molecule has 0 unspecified atom stereocenters. The molecule has 1 atom stereocenters. The Balaban J connectivity index is 2.00. The minimum Gasteiger partial charge on any atom is -0.497 e. The number of carbonyl (C=O) groups is 2. The van der Waals surface area contributed by atoms with Gasteiger partial charge in [-0.25, -0.2) is 0 Å². The second kappa shape index (κ2) is 12.8. The molecular weight excluding hydrogens is 418 g/mol. The molecule has 2 amide bonds. The van der Waals surface area contributed by atoms with Crippen LogP contribution in [0.2, 0.25) is 0 Å². The summed E-state index contributed by atoms with van der Waals surface area (Å²) in [5.41, 5.74) is 2.63. The van der Waals surface area contributed by atoms with E-state index in [-0.39, 0.29) is 17.7 Å². The third-order valence-electron chi connectivity index (χ3n) is 5.64. The van der Waals surface area contributed by atoms with Crippen molar-refractivity contribution in [3.8, 4) is 11.5 Å². The van der Waals surface area contributed by atoms with E-state index in [0.717, 1.165) is 25.2 Å². The van der Waals surface area contributed by atoms with Crippen LogP contribution in [0.15, 0.2) is 42.5 Å². The molecule has 0 spiro atoms. The summed E-state index contributed by atoms with van der Waals surface area (Å²) in [6.45, 7) is 11.5. The third-order valence-corrected chi connectivity index (χ3v) is 5.64. The van der Waals surface area contributed by atoms with Gasteiger partial charge in [-0.3, -0.25) is 14.5 Å². The number of benzene rings is 2. The Kier molecular flexibility index (Phi) is 10.2. The molecule has 2 N–H and O–H groups in total. The second-order valence-electron chi connectivity index (χ2n) is 8.29. The van der Waals surface area contributed by atoms with Gasteiger partial charge in [0.2, 0.25) is 5.91 Å². The first kappa shape index (κ1) is 26.2. The minimum atomic E-state index is -0.670. The normalized spacial score (nSPS) is 11.9. The number of rotatable bonds is 12. The lowest BCUT2D eigenvalue weighted by Gasteiger charge is -2.22. The van der Waals surface area contributed by atoms with Crippen molar-refractivity contribution in [2.45, 2.75) is 46.8 Å². The first-order chi connectivity index (χ1) is 15.8. The van der Waals surface area contributed by atoms with E-state index in [1.165, 1.54) is 19.8 Å². The maximum Gasteiger partial charge on any atom is 0.252 e. The van der Waals surface area contributed by atoms with Gasteiger partial charge in [-0.1, -0.05) is 52.0 Å². The standard InChI is InChI=1S/C26H37N3O4/c1-7-29(8-2)17-20-11-9-19(10-12-20)16-27-26(31)24(18(3)4)28-25(30)21-13-22(32-5)15-23(14-21)33-6/h9-15,18,24H,7-8,16-17H2,1-6H3,(H,27,31)(H,28,30)/t24-/m0/s1. The van der Waals surface area contributed by atoms with E-state index in [9.17, 15) is 9.59 Å². The Hall–Kier alpha value is -3.06. The molecule has 180 valence electrons. The summed E-state index contributed by atoms with van der Waals surface area (Å²) in [4.78, 5) is 28.1. The Labute approximate surface area is 197 Å². The highest BCUT2D eigenvalue weighted by Gasteiger charge is 2.25. The summed E-state index contributed by atoms with van der Waals surface area (Å²) in [7, 11) is 3.05. The summed E-state index contributed by atoms with van der Waals surface area (Å²) in [6.07, 6.45) is 0. The summed E-state index contributed by atoms with van der Waals surface area (Å²) in [6, 6.07) is 12.5. The summed E-state index contributed by atoms with van der Waals surface area (Å²) in [5, 5.41) is 5.80. The van der Waals surface area contributed by atoms with Gasteiger partial charge in [0.25, 0.3) is 5.91 Å². The second-order valence-corrected chi connectivity index (χ2v) is 8.29. The van der Waals surface area contributed by atoms with Crippen LogP contribution in [0.1, 0.15) is 49.2 Å². The Bertz CT molecular complexity index is 886. The highest BCUT2D eigenvalue weighted by Crippen LogP contribution is 2.22. The van der Waals surface area contributed by atoms with E-state index in [1.807, 2.05) is 26.0 Å². The number of hydrogen-bond acceptors (Lipinski definition) is 5. The largest absolute Gasteiger partial charge is 0.497 e. The zero-order chi connectivity index (χ0) is 24.4. The van der Waals surface area contributed by atoms with Crippen LogP contribution in [0.4, 0.5) is 0 Å². The lowest BCUT2D eigenvalue weighted by atomic mass is 10.0. The summed E-state index contributed by atoms with van der Waals surface area (Å²) >= 11 is 0. The van der Waals surface area contributed by atoms with Gasteiger partial charge in [-0.15, -0.1) is 0 Å². The van der Waals surface area contributed by atoms with Crippen molar-refractivity contribution in [1.29, 1.82) is 0 Å². The molecule has 33 heavy (non-hydrogen) atoms. The van der Waals surface area contributed by atoms with Crippen LogP contribution in [-0.2, 0) is 17.9 Å². The molecule has 0 saturated heterocycles. The fourth-order valence-electron chi connectivity index (χ4n) is 3.47. The Morgan fingerprint density at radius 1 is 0.909 bits per heavy atom. The quantitative estimate of drug-likeness (QED) is 0.511. The molecule has 0 radical (unpaired) electrons. The number of hydrogen-bond donors (Lipinski definition) is 2. The fourth-order valence-corrected chi connectivity index (χ4v) is 3.47. The van der Waals surface area contributed by atoms with Crippen LogP contribution in [0.25, 0.3) is 0 Å². The van der Waals surface area contributed by atoms with E-state index in [4.69, 9.17) is 9.47 Å². The molecule has 0 saturated carbocycles. The SMILES string of the molecule is CCN(CC)Cc1ccc(CNC(=O)[C@@H](NC(=O)c2cc(OC)cc(OC)c2)C(C)C)cc1. The van der Waals surface area contributed by atoms with Crippen LogP contribution in [0, 0.1) is 5.92 Å². The van der Waals surface area contributed by atoms with Crippen molar-refractivity contribution in [2.75, 3.05) is 27.3 Å². The summed E-state index contributed by atoms with van der Waals surface area (Å²) < 4.78 is 10.5. The number of nitrogens with one attached hydrogen (secondary N) is 2. The van der Waals surface area contributed by atoms with E-state index in [0.29, 0.717) is 23.6 Å². The van der Waals surface area contributed by atoms with Gasteiger partial charge in [0.1, 0.15) is 17.5 Å². The molecule has 0 bridgehead atoms. The van der Waals surface area contributed by atoms with Crippen molar-refractivity contribution in [3.05, 3.63) is 59.2 Å². The van der Waals surface area contributed by atoms with E-state index >= 15 is 0 Å². The van der Waals surface area contributed by atoms with Crippen molar-refractivity contribution in [3.63, 3.8) is 0 Å². The first-order valence-corrected chi connectivity index (χ1v) is 11.4. The van der Waals surface area contributed by atoms with Gasteiger partial charge in [-0.05, 0) is 42.3 Å². The Morgan fingerprint density at radius 3 is 1.94 bits per heavy atom. The van der Waals surface area contributed by atoms with Crippen molar-refractivity contribution >= 4 is 11.8 Å². The van der Waals surface area contributed by atoms with Gasteiger partial charge in [-0.2, -0.15) is 0 Å². The lowest BCUT2D eigenvalue weighted by molar-refractivity contribution is -0.124. The average Bonchev–Trinajstić information content (AvgIpc) is 2.84. The molecule has 2 aromatic carbocycles. The monoisotopic (exact) mass is 455 g/mol. The predicted octanol–water partition coefficient (Wildman–Crippen LogP) is 3.62. The highest BCUT2D eigenvalue weighted by atomic mass is 16.5. The molecule has 0 aliphatic carbocycles. The molecule has 0 fully saturated rings. The van der Waals surface area contributed by atoms with E-state index in [1.54, 1.807) is 18.2 Å². The summed E-state index contributed by atoms with van der Waals surface area (Å²) in [5.74, 6) is 0.351. The topological polar surface area (TPSA) is 79.9 Å². The molecule has 0 aromatic heterocycles. The van der Waals surface area contributed by atoms with Crippen molar-refractivity contribution in [1.82, 2.24) is 15.5 Å². The number of nitrogens with zero attached hydrogens (tertiary/aromatic N) is 1. The first-order valence-electron chi connectivity index (χ1n) is 11.4. The molecule has 7 heteroatoms. The van der Waals surface area contributed by atoms with Gasteiger partial charge >= 0.3 is 0 Å². The number of carbonyl (C=O) groups excluding carboxylic acids is 2. The fraction of sp³-hybridized carbons (Fsp3) is 0.462. The van der Waals surface area contributed by atoms with Crippen LogP contribution in [-0.4, -0.2) is 50.1 Å².